The van der Waals surface area contributed by atoms with Gasteiger partial charge >= 0.3 is 0 Å². The summed E-state index contributed by atoms with van der Waals surface area (Å²) in [5, 5.41) is 5.22. The first-order valence-corrected chi connectivity index (χ1v) is 8.31. The van der Waals surface area contributed by atoms with Crippen LogP contribution in [0.3, 0.4) is 0 Å². The summed E-state index contributed by atoms with van der Waals surface area (Å²) in [4.78, 5) is 29.5. The van der Waals surface area contributed by atoms with Crippen LogP contribution >= 0.6 is 0 Å². The highest BCUT2D eigenvalue weighted by Gasteiger charge is 2.22. The van der Waals surface area contributed by atoms with Gasteiger partial charge < -0.3 is 9.80 Å². The van der Waals surface area contributed by atoms with Crippen molar-refractivity contribution in [1.82, 2.24) is 29.6 Å². The van der Waals surface area contributed by atoms with Crippen molar-refractivity contribution < 1.29 is 4.79 Å². The Morgan fingerprint density at radius 2 is 1.92 bits per heavy atom. The van der Waals surface area contributed by atoms with Gasteiger partial charge in [-0.05, 0) is 18.6 Å². The Kier molecular flexibility index (Phi) is 4.01. The fraction of sp³-hybridized carbons (Fsp3) is 0.353. The van der Waals surface area contributed by atoms with Crippen LogP contribution in [0.25, 0.3) is 11.0 Å². The third-order valence-corrected chi connectivity index (χ3v) is 4.52. The molecule has 0 unspecified atom stereocenters. The molecule has 1 amide bonds. The summed E-state index contributed by atoms with van der Waals surface area (Å²) < 4.78 is 1.75. The van der Waals surface area contributed by atoms with Gasteiger partial charge in [0.25, 0.3) is 5.91 Å². The molecule has 0 spiro atoms. The predicted molar refractivity (Wildman–Crippen MR) is 93.3 cm³/mol. The number of hydrogen-bond donors (Lipinski definition) is 0. The molecule has 1 fully saturated rings. The molecule has 0 atom stereocenters. The number of amides is 1. The van der Waals surface area contributed by atoms with Crippen LogP contribution in [0.1, 0.15) is 16.8 Å². The number of aryl methyl sites for hydroxylation is 1. The molecule has 0 bridgehead atoms. The highest BCUT2D eigenvalue weighted by atomic mass is 16.2. The Morgan fingerprint density at radius 3 is 2.76 bits per heavy atom. The van der Waals surface area contributed by atoms with Gasteiger partial charge in [0.2, 0.25) is 0 Å². The average molecular weight is 337 g/mol. The number of aromatic nitrogens is 5. The van der Waals surface area contributed by atoms with Crippen molar-refractivity contribution >= 4 is 22.8 Å². The molecular formula is C17H19N7O. The summed E-state index contributed by atoms with van der Waals surface area (Å²) in [6, 6.07) is 3.52. The molecule has 0 saturated carbocycles. The first kappa shape index (κ1) is 15.5. The van der Waals surface area contributed by atoms with Gasteiger partial charge in [0.15, 0.2) is 5.65 Å². The topological polar surface area (TPSA) is 80.0 Å². The van der Waals surface area contributed by atoms with Crippen LogP contribution in [0.15, 0.2) is 37.1 Å². The molecule has 0 N–H and O–H groups in total. The van der Waals surface area contributed by atoms with E-state index < -0.39 is 0 Å². The van der Waals surface area contributed by atoms with E-state index in [4.69, 9.17) is 0 Å². The van der Waals surface area contributed by atoms with Crippen molar-refractivity contribution in [3.63, 3.8) is 0 Å². The molecule has 3 aromatic heterocycles. The van der Waals surface area contributed by atoms with Crippen LogP contribution in [0.5, 0.6) is 0 Å². The van der Waals surface area contributed by atoms with Crippen LogP contribution in [-0.2, 0) is 7.05 Å². The van der Waals surface area contributed by atoms with Crippen molar-refractivity contribution in [3.8, 4) is 0 Å². The first-order valence-electron chi connectivity index (χ1n) is 8.31. The van der Waals surface area contributed by atoms with E-state index in [2.05, 4.69) is 25.0 Å². The fourth-order valence-electron chi connectivity index (χ4n) is 3.21. The number of pyridine rings is 1. The zero-order valence-corrected chi connectivity index (χ0v) is 14.0. The Morgan fingerprint density at radius 1 is 1.08 bits per heavy atom. The largest absolute Gasteiger partial charge is 0.354 e. The van der Waals surface area contributed by atoms with Gasteiger partial charge in [-0.25, -0.2) is 9.97 Å². The second-order valence-corrected chi connectivity index (χ2v) is 6.07. The molecule has 1 saturated heterocycles. The quantitative estimate of drug-likeness (QED) is 0.697. The third-order valence-electron chi connectivity index (χ3n) is 4.52. The van der Waals surface area contributed by atoms with E-state index in [0.717, 1.165) is 42.9 Å². The van der Waals surface area contributed by atoms with E-state index in [0.29, 0.717) is 12.1 Å². The third kappa shape index (κ3) is 2.90. The van der Waals surface area contributed by atoms with Gasteiger partial charge in [-0.3, -0.25) is 14.5 Å². The van der Waals surface area contributed by atoms with E-state index >= 15 is 0 Å². The molecule has 1 aliphatic rings. The highest BCUT2D eigenvalue weighted by Crippen LogP contribution is 2.23. The van der Waals surface area contributed by atoms with E-state index in [1.54, 1.807) is 41.7 Å². The SMILES string of the molecule is Cn1ncc2c(N3CCCN(C(=O)c4ccncc4)CC3)ncnc21. The molecule has 3 aromatic rings. The van der Waals surface area contributed by atoms with Gasteiger partial charge in [0, 0.05) is 51.2 Å². The molecule has 8 heteroatoms. The molecular weight excluding hydrogens is 318 g/mol. The van der Waals surface area contributed by atoms with Crippen LogP contribution in [-0.4, -0.2) is 61.7 Å². The minimum absolute atomic E-state index is 0.0541. The lowest BCUT2D eigenvalue weighted by Crippen LogP contribution is -2.35. The van der Waals surface area contributed by atoms with Gasteiger partial charge in [-0.1, -0.05) is 0 Å². The summed E-state index contributed by atoms with van der Waals surface area (Å²) >= 11 is 0. The van der Waals surface area contributed by atoms with Gasteiger partial charge in [0.05, 0.1) is 11.6 Å². The van der Waals surface area contributed by atoms with Crippen molar-refractivity contribution in [3.05, 3.63) is 42.6 Å². The Labute approximate surface area is 145 Å². The van der Waals surface area contributed by atoms with Gasteiger partial charge in [0.1, 0.15) is 12.1 Å². The van der Waals surface area contributed by atoms with Crippen molar-refractivity contribution in [1.29, 1.82) is 0 Å². The zero-order valence-electron chi connectivity index (χ0n) is 14.0. The van der Waals surface area contributed by atoms with E-state index in [1.165, 1.54) is 0 Å². The Hall–Kier alpha value is -3.03. The number of fused-ring (bicyclic) bond motifs is 1. The maximum Gasteiger partial charge on any atom is 0.254 e. The van der Waals surface area contributed by atoms with E-state index in [9.17, 15) is 4.79 Å². The minimum Gasteiger partial charge on any atom is -0.354 e. The maximum atomic E-state index is 12.7. The average Bonchev–Trinajstić information content (AvgIpc) is 2.89. The standard InChI is InChI=1S/C17H19N7O/c1-22-15-14(11-21-22)16(20-12-19-15)23-7-2-8-24(10-9-23)17(25)13-3-5-18-6-4-13/h3-6,11-12H,2,7-10H2,1H3. The number of rotatable bonds is 2. The van der Waals surface area contributed by atoms with Crippen LogP contribution in [0, 0.1) is 0 Å². The molecule has 8 nitrogen and oxygen atoms in total. The highest BCUT2D eigenvalue weighted by molar-refractivity contribution is 5.94. The molecule has 4 rings (SSSR count). The van der Waals surface area contributed by atoms with Crippen LogP contribution in [0.2, 0.25) is 0 Å². The number of hydrogen-bond acceptors (Lipinski definition) is 6. The van der Waals surface area contributed by atoms with Crippen LogP contribution < -0.4 is 4.90 Å². The lowest BCUT2D eigenvalue weighted by molar-refractivity contribution is 0.0767. The van der Waals surface area contributed by atoms with E-state index in [1.807, 2.05) is 11.9 Å². The van der Waals surface area contributed by atoms with E-state index in [-0.39, 0.29) is 5.91 Å². The summed E-state index contributed by atoms with van der Waals surface area (Å²) in [6.45, 7) is 2.98. The number of carbonyl (C=O) groups is 1. The van der Waals surface area contributed by atoms with Crippen molar-refractivity contribution in [2.45, 2.75) is 6.42 Å². The van der Waals surface area contributed by atoms with Gasteiger partial charge in [-0.2, -0.15) is 5.10 Å². The zero-order chi connectivity index (χ0) is 17.2. The Balaban J connectivity index is 1.54. The molecule has 1 aliphatic heterocycles. The second-order valence-electron chi connectivity index (χ2n) is 6.07. The summed E-state index contributed by atoms with van der Waals surface area (Å²) in [5.74, 6) is 0.940. The van der Waals surface area contributed by atoms with Crippen molar-refractivity contribution in [2.75, 3.05) is 31.1 Å². The fourth-order valence-corrected chi connectivity index (χ4v) is 3.21. The second kappa shape index (κ2) is 6.46. The molecule has 4 heterocycles. The summed E-state index contributed by atoms with van der Waals surface area (Å²) in [6.07, 6.45) is 7.57. The van der Waals surface area contributed by atoms with Gasteiger partial charge in [-0.15, -0.1) is 0 Å². The molecule has 0 aliphatic carbocycles. The lowest BCUT2D eigenvalue weighted by atomic mass is 10.2. The monoisotopic (exact) mass is 337 g/mol. The molecule has 25 heavy (non-hydrogen) atoms. The Bertz CT molecular complexity index is 892. The first-order chi connectivity index (χ1) is 12.2. The molecule has 0 radical (unpaired) electrons. The predicted octanol–water partition coefficient (Wildman–Crippen LogP) is 1.11. The lowest BCUT2D eigenvalue weighted by Gasteiger charge is -2.23. The van der Waals surface area contributed by atoms with Crippen LogP contribution in [0.4, 0.5) is 5.82 Å². The van der Waals surface area contributed by atoms with Crippen molar-refractivity contribution in [2.24, 2.45) is 7.05 Å². The number of nitrogens with zero attached hydrogens (tertiary/aromatic N) is 7. The molecule has 128 valence electrons. The maximum absolute atomic E-state index is 12.7. The summed E-state index contributed by atoms with van der Waals surface area (Å²) in [5.41, 5.74) is 1.50. The summed E-state index contributed by atoms with van der Waals surface area (Å²) in [7, 11) is 1.87. The molecule has 0 aromatic carbocycles. The normalized spacial score (nSPS) is 15.4. The smallest absolute Gasteiger partial charge is 0.254 e. The number of carbonyl (C=O) groups excluding carboxylic acids is 1. The number of anilines is 1. The minimum atomic E-state index is 0.0541.